The third-order valence-corrected chi connectivity index (χ3v) is 7.02. The number of rotatable bonds is 7. The number of nitro benzene ring substituents is 1. The van der Waals surface area contributed by atoms with Crippen LogP contribution in [0, 0.1) is 24.0 Å². The first kappa shape index (κ1) is 25.7. The number of nitrogens with zero attached hydrogens (tertiary/aromatic N) is 4. The van der Waals surface area contributed by atoms with E-state index in [1.807, 2.05) is 31.2 Å². The second-order valence-corrected chi connectivity index (χ2v) is 10.1. The zero-order valence-electron chi connectivity index (χ0n) is 20.9. The average Bonchev–Trinajstić information content (AvgIpc) is 3.47. The Labute approximate surface area is 227 Å². The summed E-state index contributed by atoms with van der Waals surface area (Å²) in [6, 6.07) is 18.8. The number of Topliss-reactive ketones (excluding diaryl/α,β-unsaturated/α-hetero) is 1. The summed E-state index contributed by atoms with van der Waals surface area (Å²) in [7, 11) is 0. The maximum Gasteiger partial charge on any atom is 0.301 e. The maximum absolute atomic E-state index is 13.3. The Hall–Kier alpha value is -4.90. The summed E-state index contributed by atoms with van der Waals surface area (Å²) in [5.74, 6) is -1.72. The Morgan fingerprint density at radius 1 is 1.05 bits per heavy atom. The Balaban J connectivity index is 1.53. The summed E-state index contributed by atoms with van der Waals surface area (Å²) in [6.07, 6.45) is 0. The van der Waals surface area contributed by atoms with Gasteiger partial charge in [-0.3, -0.25) is 24.6 Å². The largest absolute Gasteiger partial charge is 0.507 e. The zero-order chi connectivity index (χ0) is 27.7. The number of non-ortho nitro benzene ring substituents is 1. The molecular weight excluding hydrogens is 520 g/mol. The van der Waals surface area contributed by atoms with Crippen LogP contribution in [0.4, 0.5) is 10.8 Å². The summed E-state index contributed by atoms with van der Waals surface area (Å²) in [6.45, 7) is 4.05. The maximum atomic E-state index is 13.3. The lowest BCUT2D eigenvalue weighted by molar-refractivity contribution is -0.384. The summed E-state index contributed by atoms with van der Waals surface area (Å²) >= 11 is 1.09. The molecule has 0 radical (unpaired) electrons. The number of nitro groups is 1. The number of amides is 1. The summed E-state index contributed by atoms with van der Waals surface area (Å²) < 4.78 is 5.84. The predicted molar refractivity (Wildman–Crippen MR) is 144 cm³/mol. The van der Waals surface area contributed by atoms with Gasteiger partial charge in [0, 0.05) is 17.7 Å². The van der Waals surface area contributed by atoms with E-state index in [0.717, 1.165) is 27.4 Å². The number of carbonyl (C=O) groups excluding carboxylic acids is 2. The van der Waals surface area contributed by atoms with Crippen LogP contribution in [0.1, 0.15) is 33.3 Å². The molecule has 0 bridgehead atoms. The molecule has 1 unspecified atom stereocenters. The number of aliphatic hydroxyl groups is 1. The Morgan fingerprint density at radius 3 is 2.46 bits per heavy atom. The first-order valence-corrected chi connectivity index (χ1v) is 12.7. The van der Waals surface area contributed by atoms with E-state index >= 15 is 0 Å². The number of benzene rings is 3. The smallest absolute Gasteiger partial charge is 0.301 e. The zero-order valence-corrected chi connectivity index (χ0v) is 21.7. The second-order valence-electron chi connectivity index (χ2n) is 8.93. The molecule has 0 aliphatic carbocycles. The van der Waals surface area contributed by atoms with Gasteiger partial charge in [-0.25, -0.2) is 0 Å². The Bertz CT molecular complexity index is 1630. The lowest BCUT2D eigenvalue weighted by Crippen LogP contribution is -2.29. The highest BCUT2D eigenvalue weighted by Gasteiger charge is 2.48. The van der Waals surface area contributed by atoms with E-state index in [1.54, 1.807) is 37.3 Å². The van der Waals surface area contributed by atoms with Crippen LogP contribution >= 0.6 is 11.3 Å². The van der Waals surface area contributed by atoms with Crippen molar-refractivity contribution in [3.8, 4) is 5.75 Å². The number of ether oxygens (including phenoxy) is 1. The molecule has 3 aromatic carbocycles. The molecule has 1 N–H and O–H groups in total. The topological polar surface area (TPSA) is 136 Å². The highest BCUT2D eigenvalue weighted by Crippen LogP contribution is 2.43. The van der Waals surface area contributed by atoms with E-state index in [4.69, 9.17) is 4.74 Å². The van der Waals surface area contributed by atoms with Crippen LogP contribution in [-0.2, 0) is 16.2 Å². The molecule has 1 amide bonds. The first-order chi connectivity index (χ1) is 18.7. The van der Waals surface area contributed by atoms with Gasteiger partial charge in [-0.2, -0.15) is 0 Å². The number of hydrogen-bond donors (Lipinski definition) is 1. The lowest BCUT2D eigenvalue weighted by Gasteiger charge is -2.22. The predicted octanol–water partition coefficient (Wildman–Crippen LogP) is 5.27. The highest BCUT2D eigenvalue weighted by atomic mass is 32.1. The highest BCUT2D eigenvalue weighted by molar-refractivity contribution is 7.15. The van der Waals surface area contributed by atoms with Gasteiger partial charge in [-0.15, -0.1) is 10.2 Å². The Morgan fingerprint density at radius 2 is 1.79 bits per heavy atom. The number of hydrogen-bond acceptors (Lipinski definition) is 9. The van der Waals surface area contributed by atoms with Crippen molar-refractivity contribution >= 4 is 39.6 Å². The van der Waals surface area contributed by atoms with Crippen LogP contribution in [-0.4, -0.2) is 31.9 Å². The van der Waals surface area contributed by atoms with E-state index in [2.05, 4.69) is 10.2 Å². The van der Waals surface area contributed by atoms with Crippen LogP contribution in [0.25, 0.3) is 5.76 Å². The molecule has 1 atom stereocenters. The normalized spacial score (nSPS) is 16.5. The lowest BCUT2D eigenvalue weighted by atomic mass is 9.95. The summed E-state index contributed by atoms with van der Waals surface area (Å²) in [5.41, 5.74) is 2.25. The van der Waals surface area contributed by atoms with Gasteiger partial charge in [-0.1, -0.05) is 53.3 Å². The number of aromatic nitrogens is 2. The fourth-order valence-electron chi connectivity index (χ4n) is 4.37. The van der Waals surface area contributed by atoms with Gasteiger partial charge >= 0.3 is 5.91 Å². The quantitative estimate of drug-likeness (QED) is 0.110. The van der Waals surface area contributed by atoms with Crippen molar-refractivity contribution in [3.05, 3.63) is 116 Å². The third kappa shape index (κ3) is 5.12. The minimum Gasteiger partial charge on any atom is -0.507 e. The number of aryl methyl sites for hydroxylation is 2. The van der Waals surface area contributed by atoms with Crippen LogP contribution in [0.15, 0.2) is 78.4 Å². The second kappa shape index (κ2) is 10.5. The van der Waals surface area contributed by atoms with Crippen molar-refractivity contribution < 1.29 is 24.4 Å². The monoisotopic (exact) mass is 542 g/mol. The fraction of sp³-hybridized carbons (Fsp3) is 0.143. The molecule has 0 spiro atoms. The number of aliphatic hydroxyl groups excluding tert-OH is 1. The third-order valence-electron chi connectivity index (χ3n) is 6.18. The minimum atomic E-state index is -1.14. The van der Waals surface area contributed by atoms with Gasteiger partial charge in [0.05, 0.1) is 16.5 Å². The van der Waals surface area contributed by atoms with Gasteiger partial charge in [0.1, 0.15) is 23.1 Å². The first-order valence-electron chi connectivity index (χ1n) is 11.9. The molecule has 1 aromatic heterocycles. The van der Waals surface area contributed by atoms with E-state index < -0.39 is 28.4 Å². The van der Waals surface area contributed by atoms with Crippen molar-refractivity contribution in [2.24, 2.45) is 0 Å². The standard InChI is InChI=1S/C28H22N4O6S/c1-16-5-3-6-18(13-16)15-38-22-11-9-19(10-12-22)25(33)23-24(20-7-4-8-21(14-20)32(36)37)31(27(35)26(23)34)28-30-29-17(2)39-28/h3-14,24,33H,15H2,1-2H3. The van der Waals surface area contributed by atoms with Crippen LogP contribution in [0.3, 0.4) is 0 Å². The molecule has 196 valence electrons. The summed E-state index contributed by atoms with van der Waals surface area (Å²) in [4.78, 5) is 38.4. The van der Waals surface area contributed by atoms with Crippen molar-refractivity contribution in [2.75, 3.05) is 4.90 Å². The van der Waals surface area contributed by atoms with Crippen molar-refractivity contribution in [1.82, 2.24) is 10.2 Å². The molecule has 1 saturated heterocycles. The van der Waals surface area contributed by atoms with Crippen LogP contribution < -0.4 is 9.64 Å². The minimum absolute atomic E-state index is 0.144. The molecule has 1 aliphatic heterocycles. The SMILES string of the molecule is Cc1cccc(COc2ccc(C(O)=C3C(=O)C(=O)N(c4nnc(C)s4)C3c3cccc([N+](=O)[O-])c3)cc2)c1. The number of anilines is 1. The van der Waals surface area contributed by atoms with E-state index in [-0.39, 0.29) is 27.5 Å². The van der Waals surface area contributed by atoms with Gasteiger partial charge in [0.2, 0.25) is 5.13 Å². The molecule has 2 heterocycles. The van der Waals surface area contributed by atoms with Crippen molar-refractivity contribution in [2.45, 2.75) is 26.5 Å². The van der Waals surface area contributed by atoms with Crippen LogP contribution in [0.2, 0.25) is 0 Å². The molecule has 39 heavy (non-hydrogen) atoms. The summed E-state index contributed by atoms with van der Waals surface area (Å²) in [5, 5.41) is 31.4. The molecule has 0 saturated carbocycles. The van der Waals surface area contributed by atoms with Gasteiger partial charge < -0.3 is 9.84 Å². The van der Waals surface area contributed by atoms with Crippen LogP contribution in [0.5, 0.6) is 5.75 Å². The molecular formula is C28H22N4O6S. The van der Waals surface area contributed by atoms with Crippen molar-refractivity contribution in [3.63, 3.8) is 0 Å². The molecule has 11 heteroatoms. The molecule has 10 nitrogen and oxygen atoms in total. The molecule has 1 aliphatic rings. The average molecular weight is 543 g/mol. The van der Waals surface area contributed by atoms with Gasteiger partial charge in [0.25, 0.3) is 11.5 Å². The molecule has 1 fully saturated rings. The van der Waals surface area contributed by atoms with E-state index in [0.29, 0.717) is 17.4 Å². The van der Waals surface area contributed by atoms with E-state index in [9.17, 15) is 24.8 Å². The number of carbonyl (C=O) groups is 2. The molecule has 5 rings (SSSR count). The van der Waals surface area contributed by atoms with Gasteiger partial charge in [-0.05, 0) is 49.2 Å². The Kier molecular flexibility index (Phi) is 6.90. The fourth-order valence-corrected chi connectivity index (χ4v) is 5.08. The van der Waals surface area contributed by atoms with Gasteiger partial charge in [0.15, 0.2) is 0 Å². The van der Waals surface area contributed by atoms with E-state index in [1.165, 1.54) is 18.2 Å². The molecule has 4 aromatic rings. The van der Waals surface area contributed by atoms with Crippen molar-refractivity contribution in [1.29, 1.82) is 0 Å². The number of ketones is 1.